The molecule has 1 saturated heterocycles. The molecule has 2 rings (SSSR count). The third-order valence-corrected chi connectivity index (χ3v) is 3.68. The second-order valence-corrected chi connectivity index (χ2v) is 4.93. The van der Waals surface area contributed by atoms with Crippen LogP contribution in [-0.4, -0.2) is 30.0 Å². The van der Waals surface area contributed by atoms with Crippen molar-refractivity contribution in [3.63, 3.8) is 0 Å². The van der Waals surface area contributed by atoms with Crippen molar-refractivity contribution in [3.05, 3.63) is 34.9 Å². The molecular weight excluding hydrogens is 228 g/mol. The minimum Gasteiger partial charge on any atom is -0.333 e. The van der Waals surface area contributed by atoms with Crippen molar-refractivity contribution in [2.45, 2.75) is 32.7 Å². The summed E-state index contributed by atoms with van der Waals surface area (Å²) >= 11 is 0. The lowest BCUT2D eigenvalue weighted by Crippen LogP contribution is -2.38. The van der Waals surface area contributed by atoms with E-state index in [4.69, 9.17) is 10.7 Å². The van der Waals surface area contributed by atoms with Crippen LogP contribution in [0.15, 0.2) is 18.2 Å². The molecule has 18 heavy (non-hydrogen) atoms. The number of amides is 1. The summed E-state index contributed by atoms with van der Waals surface area (Å²) in [5.41, 5.74) is 3.10. The van der Waals surface area contributed by atoms with Crippen molar-refractivity contribution in [2.24, 2.45) is 5.90 Å². The van der Waals surface area contributed by atoms with Gasteiger partial charge in [0.15, 0.2) is 0 Å². The maximum atomic E-state index is 12.4. The van der Waals surface area contributed by atoms with Crippen LogP contribution < -0.4 is 5.90 Å². The summed E-state index contributed by atoms with van der Waals surface area (Å²) < 4.78 is 0. The van der Waals surface area contributed by atoms with E-state index in [0.29, 0.717) is 6.61 Å². The van der Waals surface area contributed by atoms with Gasteiger partial charge in [-0.1, -0.05) is 6.07 Å². The fourth-order valence-corrected chi connectivity index (χ4v) is 2.43. The smallest absolute Gasteiger partial charge is 0.254 e. The topological polar surface area (TPSA) is 55.6 Å². The molecule has 1 unspecified atom stereocenters. The molecule has 0 spiro atoms. The zero-order valence-corrected chi connectivity index (χ0v) is 11.0. The largest absolute Gasteiger partial charge is 0.333 e. The molecule has 1 heterocycles. The maximum absolute atomic E-state index is 12.4. The highest BCUT2D eigenvalue weighted by atomic mass is 16.6. The van der Waals surface area contributed by atoms with Crippen molar-refractivity contribution >= 4 is 5.91 Å². The number of likely N-dealkylation sites (tertiary alicyclic amines) is 1. The molecule has 4 heteroatoms. The molecule has 1 aliphatic heterocycles. The fraction of sp³-hybridized carbons (Fsp3) is 0.500. The minimum atomic E-state index is 0.0812. The quantitative estimate of drug-likeness (QED) is 0.830. The van der Waals surface area contributed by atoms with Gasteiger partial charge in [-0.3, -0.25) is 4.79 Å². The van der Waals surface area contributed by atoms with Gasteiger partial charge in [0.05, 0.1) is 12.6 Å². The van der Waals surface area contributed by atoms with Crippen molar-refractivity contribution in [3.8, 4) is 0 Å². The Kier molecular flexibility index (Phi) is 3.99. The Morgan fingerprint density at radius 2 is 2.22 bits per heavy atom. The Labute approximate surface area is 108 Å². The lowest BCUT2D eigenvalue weighted by atomic mass is 10.1. The predicted octanol–water partition coefficient (Wildman–Crippen LogP) is 1.80. The average molecular weight is 248 g/mol. The molecule has 2 N–H and O–H groups in total. The monoisotopic (exact) mass is 248 g/mol. The zero-order valence-electron chi connectivity index (χ0n) is 11.0. The van der Waals surface area contributed by atoms with E-state index >= 15 is 0 Å². The number of hydrogen-bond donors (Lipinski definition) is 1. The highest BCUT2D eigenvalue weighted by Gasteiger charge is 2.29. The van der Waals surface area contributed by atoms with Gasteiger partial charge in [-0.05, 0) is 49.9 Å². The van der Waals surface area contributed by atoms with Crippen molar-refractivity contribution in [1.82, 2.24) is 4.90 Å². The van der Waals surface area contributed by atoms with Crippen molar-refractivity contribution < 1.29 is 9.63 Å². The molecule has 0 saturated carbocycles. The minimum absolute atomic E-state index is 0.0812. The number of carbonyl (C=O) groups excluding carboxylic acids is 1. The van der Waals surface area contributed by atoms with E-state index in [0.717, 1.165) is 30.5 Å². The van der Waals surface area contributed by atoms with Crippen LogP contribution >= 0.6 is 0 Å². The standard InChI is InChI=1S/C14H20N2O2/c1-10-5-6-12(8-11(10)2)14(17)16-7-3-4-13(16)9-18-15/h5-6,8,13H,3-4,7,9,15H2,1-2H3. The molecule has 0 bridgehead atoms. The molecular formula is C14H20N2O2. The molecule has 0 radical (unpaired) electrons. The summed E-state index contributed by atoms with van der Waals surface area (Å²) in [7, 11) is 0. The number of benzene rings is 1. The highest BCUT2D eigenvalue weighted by Crippen LogP contribution is 2.21. The van der Waals surface area contributed by atoms with Crippen LogP contribution in [0.25, 0.3) is 0 Å². The van der Waals surface area contributed by atoms with Crippen molar-refractivity contribution in [1.29, 1.82) is 0 Å². The molecule has 1 atom stereocenters. The maximum Gasteiger partial charge on any atom is 0.254 e. The molecule has 0 aromatic heterocycles. The van der Waals surface area contributed by atoms with Gasteiger partial charge in [-0.2, -0.15) is 0 Å². The summed E-state index contributed by atoms with van der Waals surface area (Å²) in [6.07, 6.45) is 1.98. The van der Waals surface area contributed by atoms with Crippen molar-refractivity contribution in [2.75, 3.05) is 13.2 Å². The number of nitrogens with two attached hydrogens (primary N) is 1. The van der Waals surface area contributed by atoms with Gasteiger partial charge in [0, 0.05) is 12.1 Å². The number of rotatable bonds is 3. The first kappa shape index (κ1) is 13.1. The molecule has 4 nitrogen and oxygen atoms in total. The molecule has 0 aliphatic carbocycles. The Morgan fingerprint density at radius 1 is 1.44 bits per heavy atom. The second-order valence-electron chi connectivity index (χ2n) is 4.93. The highest BCUT2D eigenvalue weighted by molar-refractivity contribution is 5.94. The van der Waals surface area contributed by atoms with E-state index in [1.165, 1.54) is 5.56 Å². The molecule has 1 amide bonds. The number of aryl methyl sites for hydroxylation is 2. The lowest BCUT2D eigenvalue weighted by molar-refractivity contribution is 0.0540. The Hall–Kier alpha value is -1.39. The van der Waals surface area contributed by atoms with Crippen LogP contribution in [-0.2, 0) is 4.84 Å². The van der Waals surface area contributed by atoms with Crippen LogP contribution in [0.3, 0.4) is 0 Å². The van der Waals surface area contributed by atoms with Crippen LogP contribution in [0.4, 0.5) is 0 Å². The van der Waals surface area contributed by atoms with Gasteiger partial charge in [0.25, 0.3) is 5.91 Å². The first-order valence-corrected chi connectivity index (χ1v) is 6.33. The van der Waals surface area contributed by atoms with E-state index in [1.54, 1.807) is 0 Å². The summed E-state index contributed by atoms with van der Waals surface area (Å²) in [6.45, 7) is 5.28. The SMILES string of the molecule is Cc1ccc(C(=O)N2CCCC2CON)cc1C. The third kappa shape index (κ3) is 2.54. The summed E-state index contributed by atoms with van der Waals surface area (Å²) in [4.78, 5) is 19.0. The van der Waals surface area contributed by atoms with Gasteiger partial charge in [-0.25, -0.2) is 5.90 Å². The van der Waals surface area contributed by atoms with E-state index in [2.05, 4.69) is 0 Å². The molecule has 1 aromatic carbocycles. The predicted molar refractivity (Wildman–Crippen MR) is 70.1 cm³/mol. The lowest BCUT2D eigenvalue weighted by Gasteiger charge is -2.24. The Morgan fingerprint density at radius 3 is 2.89 bits per heavy atom. The third-order valence-electron chi connectivity index (χ3n) is 3.68. The van der Waals surface area contributed by atoms with E-state index < -0.39 is 0 Å². The number of hydrogen-bond acceptors (Lipinski definition) is 3. The summed E-state index contributed by atoms with van der Waals surface area (Å²) in [5, 5.41) is 0. The van der Waals surface area contributed by atoms with Crippen LogP contribution in [0.5, 0.6) is 0 Å². The fourth-order valence-electron chi connectivity index (χ4n) is 2.43. The average Bonchev–Trinajstić information content (AvgIpc) is 2.80. The van der Waals surface area contributed by atoms with Gasteiger partial charge in [-0.15, -0.1) is 0 Å². The molecule has 1 fully saturated rings. The molecule has 98 valence electrons. The summed E-state index contributed by atoms with van der Waals surface area (Å²) in [6, 6.07) is 5.95. The van der Waals surface area contributed by atoms with E-state index in [1.807, 2.05) is 36.9 Å². The van der Waals surface area contributed by atoms with Crippen LogP contribution in [0.2, 0.25) is 0 Å². The van der Waals surface area contributed by atoms with E-state index in [9.17, 15) is 4.79 Å². The number of carbonyl (C=O) groups is 1. The second kappa shape index (κ2) is 5.50. The Balaban J connectivity index is 2.17. The normalized spacial score (nSPS) is 19.3. The first-order chi connectivity index (χ1) is 8.63. The van der Waals surface area contributed by atoms with Gasteiger partial charge in [0.2, 0.25) is 0 Å². The molecule has 1 aliphatic rings. The van der Waals surface area contributed by atoms with Gasteiger partial charge >= 0.3 is 0 Å². The van der Waals surface area contributed by atoms with Crippen LogP contribution in [0.1, 0.15) is 34.3 Å². The Bertz CT molecular complexity index is 445. The zero-order chi connectivity index (χ0) is 13.1. The number of nitrogens with zero attached hydrogens (tertiary/aromatic N) is 1. The van der Waals surface area contributed by atoms with E-state index in [-0.39, 0.29) is 11.9 Å². The molecule has 1 aromatic rings. The van der Waals surface area contributed by atoms with Gasteiger partial charge < -0.3 is 9.74 Å². The first-order valence-electron chi connectivity index (χ1n) is 6.33. The van der Waals surface area contributed by atoms with Crippen LogP contribution in [0, 0.1) is 13.8 Å². The van der Waals surface area contributed by atoms with Gasteiger partial charge in [0.1, 0.15) is 0 Å². The summed E-state index contributed by atoms with van der Waals surface area (Å²) in [5.74, 6) is 5.20.